The molecular formula is C55H31N5O2. The van der Waals surface area contributed by atoms with Gasteiger partial charge in [-0.2, -0.15) is 9.97 Å². The number of rotatable bonds is 4. The molecule has 0 aliphatic rings. The van der Waals surface area contributed by atoms with Crippen LogP contribution < -0.4 is 0 Å². The second kappa shape index (κ2) is 12.5. The molecule has 14 rings (SSSR count). The van der Waals surface area contributed by atoms with Gasteiger partial charge in [0.25, 0.3) is 0 Å². The lowest BCUT2D eigenvalue weighted by Crippen LogP contribution is -2.07. The Labute approximate surface area is 352 Å². The summed E-state index contributed by atoms with van der Waals surface area (Å²) in [5.74, 6) is 1.61. The van der Waals surface area contributed by atoms with Gasteiger partial charge in [-0.05, 0) is 77.5 Å². The van der Waals surface area contributed by atoms with Crippen LogP contribution in [0, 0.1) is 0 Å². The van der Waals surface area contributed by atoms with E-state index in [1.54, 1.807) is 0 Å². The van der Waals surface area contributed by atoms with E-state index in [4.69, 9.17) is 23.8 Å². The highest BCUT2D eigenvalue weighted by Gasteiger charge is 2.23. The van der Waals surface area contributed by atoms with E-state index < -0.39 is 0 Å². The Morgan fingerprint density at radius 3 is 1.63 bits per heavy atom. The average molecular weight is 794 g/mol. The Kier molecular flexibility index (Phi) is 6.71. The Bertz CT molecular complexity index is 4130. The quantitative estimate of drug-likeness (QED) is 0.177. The summed E-state index contributed by atoms with van der Waals surface area (Å²) < 4.78 is 17.5. The molecular weight excluding hydrogens is 763 g/mol. The standard InChI is InChI=1S/C55H31N5O2/c1-2-14-33-29-47-41(27-32(33)13-1)38-17-5-8-20-44(38)59(47)35-30-43(52-40-19-7-12-24-49(40)62-51(52)31-35)54-56-53(34-25-26-50-42(28-34)39-18-6-11-23-48(39)61-50)57-55(58-54)60-45-21-9-3-15-36(45)37-16-4-10-22-46(37)60/h1-31H. The molecule has 0 atom stereocenters. The molecule has 62 heavy (non-hydrogen) atoms. The molecule has 0 bridgehead atoms. The summed E-state index contributed by atoms with van der Waals surface area (Å²) in [7, 11) is 0. The molecule has 14 aromatic rings. The first-order valence-corrected chi connectivity index (χ1v) is 20.8. The number of aromatic nitrogens is 5. The lowest BCUT2D eigenvalue weighted by atomic mass is 10.0. The molecule has 0 amide bonds. The second-order valence-corrected chi connectivity index (χ2v) is 16.0. The highest BCUT2D eigenvalue weighted by molar-refractivity contribution is 6.16. The van der Waals surface area contributed by atoms with E-state index in [1.165, 1.54) is 21.5 Å². The van der Waals surface area contributed by atoms with Crippen molar-refractivity contribution in [3.63, 3.8) is 0 Å². The minimum atomic E-state index is 0.522. The normalized spacial score (nSPS) is 12.2. The van der Waals surface area contributed by atoms with Crippen molar-refractivity contribution in [3.8, 4) is 34.4 Å². The van der Waals surface area contributed by atoms with Crippen molar-refractivity contribution in [1.82, 2.24) is 24.1 Å². The van der Waals surface area contributed by atoms with Gasteiger partial charge in [0.05, 0.1) is 27.8 Å². The van der Waals surface area contributed by atoms with Gasteiger partial charge in [0, 0.05) is 60.3 Å². The number of hydrogen-bond donors (Lipinski definition) is 0. The summed E-state index contributed by atoms with van der Waals surface area (Å²) >= 11 is 0. The zero-order chi connectivity index (χ0) is 40.5. The highest BCUT2D eigenvalue weighted by Crippen LogP contribution is 2.42. The van der Waals surface area contributed by atoms with Crippen molar-refractivity contribution < 1.29 is 8.83 Å². The first-order chi connectivity index (χ1) is 30.7. The third-order valence-corrected chi connectivity index (χ3v) is 12.5. The van der Waals surface area contributed by atoms with Gasteiger partial charge in [-0.15, -0.1) is 0 Å². The van der Waals surface area contributed by atoms with Crippen LogP contribution in [0.25, 0.3) is 133 Å². The fourth-order valence-corrected chi connectivity index (χ4v) is 9.80. The van der Waals surface area contributed by atoms with Crippen molar-refractivity contribution in [2.45, 2.75) is 0 Å². The first kappa shape index (κ1) is 33.3. The van der Waals surface area contributed by atoms with Crippen molar-refractivity contribution in [3.05, 3.63) is 188 Å². The van der Waals surface area contributed by atoms with Crippen molar-refractivity contribution in [2.24, 2.45) is 0 Å². The molecule has 0 aliphatic carbocycles. The summed E-state index contributed by atoms with van der Waals surface area (Å²) in [6, 6.07) is 65.6. The maximum absolute atomic E-state index is 6.76. The summed E-state index contributed by atoms with van der Waals surface area (Å²) in [5.41, 5.74) is 10.1. The molecule has 7 heteroatoms. The molecule has 0 saturated heterocycles. The second-order valence-electron chi connectivity index (χ2n) is 16.0. The lowest BCUT2D eigenvalue weighted by molar-refractivity contribution is 0.668. The number of fused-ring (bicyclic) bond motifs is 13. The minimum Gasteiger partial charge on any atom is -0.456 e. The van der Waals surface area contributed by atoms with Crippen LogP contribution in [0.1, 0.15) is 0 Å². The topological polar surface area (TPSA) is 74.8 Å². The molecule has 5 aromatic heterocycles. The SMILES string of the molecule is c1ccc2cc3c(cc2c1)c1ccccc1n3-c1cc(-c2nc(-c3ccc4oc5ccccc5c4c3)nc(-n3c4ccccc4c4ccccc43)n2)c2c(c1)oc1ccccc12. The zero-order valence-corrected chi connectivity index (χ0v) is 33.0. The van der Waals surface area contributed by atoms with Crippen molar-refractivity contribution in [1.29, 1.82) is 0 Å². The van der Waals surface area contributed by atoms with Crippen molar-refractivity contribution in [2.75, 3.05) is 0 Å². The monoisotopic (exact) mass is 793 g/mol. The van der Waals surface area contributed by atoms with E-state index >= 15 is 0 Å². The lowest BCUT2D eigenvalue weighted by Gasteiger charge is -2.14. The van der Waals surface area contributed by atoms with E-state index in [-0.39, 0.29) is 0 Å². The number of para-hydroxylation sites is 5. The average Bonchev–Trinajstić information content (AvgIpc) is 4.08. The predicted molar refractivity (Wildman–Crippen MR) is 251 cm³/mol. The van der Waals surface area contributed by atoms with Crippen LogP contribution in [-0.4, -0.2) is 24.1 Å². The van der Waals surface area contributed by atoms with Gasteiger partial charge >= 0.3 is 0 Å². The van der Waals surface area contributed by atoms with Gasteiger partial charge in [0.2, 0.25) is 5.95 Å². The van der Waals surface area contributed by atoms with E-state index in [1.807, 2.05) is 42.5 Å². The fraction of sp³-hybridized carbons (Fsp3) is 0. The molecule has 5 heterocycles. The Balaban J connectivity index is 1.10. The number of furan rings is 2. The Morgan fingerprint density at radius 2 is 0.887 bits per heavy atom. The molecule has 0 aliphatic heterocycles. The van der Waals surface area contributed by atoms with E-state index in [0.29, 0.717) is 17.6 Å². The Hall–Kier alpha value is -8.55. The number of nitrogens with zero attached hydrogens (tertiary/aromatic N) is 5. The van der Waals surface area contributed by atoms with Gasteiger partial charge in [-0.1, -0.05) is 115 Å². The predicted octanol–water partition coefficient (Wildman–Crippen LogP) is 14.4. The molecule has 0 saturated carbocycles. The molecule has 0 fully saturated rings. The van der Waals surface area contributed by atoms with Crippen LogP contribution in [0.4, 0.5) is 0 Å². The molecule has 0 unspecified atom stereocenters. The summed E-state index contributed by atoms with van der Waals surface area (Å²) in [4.78, 5) is 16.2. The Morgan fingerprint density at radius 1 is 0.339 bits per heavy atom. The summed E-state index contributed by atoms with van der Waals surface area (Å²) in [6.07, 6.45) is 0. The van der Waals surface area contributed by atoms with Crippen LogP contribution in [0.3, 0.4) is 0 Å². The molecule has 9 aromatic carbocycles. The molecule has 288 valence electrons. The van der Waals surface area contributed by atoms with E-state index in [0.717, 1.165) is 93.5 Å². The smallest absolute Gasteiger partial charge is 0.238 e. The van der Waals surface area contributed by atoms with Gasteiger partial charge in [-0.3, -0.25) is 4.57 Å². The van der Waals surface area contributed by atoms with Gasteiger partial charge in [-0.25, -0.2) is 4.98 Å². The third-order valence-electron chi connectivity index (χ3n) is 12.5. The summed E-state index contributed by atoms with van der Waals surface area (Å²) in [6.45, 7) is 0. The number of benzene rings is 9. The highest BCUT2D eigenvalue weighted by atomic mass is 16.3. The van der Waals surface area contributed by atoms with Gasteiger partial charge < -0.3 is 13.4 Å². The van der Waals surface area contributed by atoms with Crippen LogP contribution >= 0.6 is 0 Å². The maximum Gasteiger partial charge on any atom is 0.238 e. The van der Waals surface area contributed by atoms with Crippen LogP contribution in [0.15, 0.2) is 197 Å². The summed E-state index contributed by atoms with van der Waals surface area (Å²) in [5, 5.41) is 11.0. The van der Waals surface area contributed by atoms with Crippen LogP contribution in [-0.2, 0) is 0 Å². The zero-order valence-electron chi connectivity index (χ0n) is 33.0. The largest absolute Gasteiger partial charge is 0.456 e. The molecule has 0 spiro atoms. The number of hydrogen-bond acceptors (Lipinski definition) is 5. The minimum absolute atomic E-state index is 0.522. The fourth-order valence-electron chi connectivity index (χ4n) is 9.80. The van der Waals surface area contributed by atoms with Gasteiger partial charge in [0.15, 0.2) is 11.6 Å². The van der Waals surface area contributed by atoms with Crippen molar-refractivity contribution >= 4 is 98.3 Å². The van der Waals surface area contributed by atoms with Crippen LogP contribution in [0.2, 0.25) is 0 Å². The third kappa shape index (κ3) is 4.73. The van der Waals surface area contributed by atoms with Crippen LogP contribution in [0.5, 0.6) is 0 Å². The first-order valence-electron chi connectivity index (χ1n) is 20.8. The van der Waals surface area contributed by atoms with E-state index in [9.17, 15) is 0 Å². The molecule has 7 nitrogen and oxygen atoms in total. The maximum atomic E-state index is 6.76. The van der Waals surface area contributed by atoms with E-state index in [2.05, 4.69) is 155 Å². The molecule has 0 radical (unpaired) electrons. The molecule has 0 N–H and O–H groups in total. The van der Waals surface area contributed by atoms with Gasteiger partial charge in [0.1, 0.15) is 22.3 Å².